The highest BCUT2D eigenvalue weighted by Crippen LogP contribution is 2.41. The van der Waals surface area contributed by atoms with E-state index >= 15 is 0 Å². The third kappa shape index (κ3) is 9.22. The lowest BCUT2D eigenvalue weighted by Gasteiger charge is -2.27. The van der Waals surface area contributed by atoms with Gasteiger partial charge in [0, 0.05) is 6.54 Å². The van der Waals surface area contributed by atoms with Crippen LogP contribution in [0.15, 0.2) is 0 Å². The van der Waals surface area contributed by atoms with Crippen LogP contribution >= 0.6 is 7.75 Å². The standard InChI is InChI=1S/C13H28NO6P/c1-2-3-4-5-6-7-8-9-10-14(21(18,19)20)12(11-15)13(16)17/h12,15H,2-11H2,1H3,(H,16,17)(H2,18,19,20)/t12-/m0/s1. The fraction of sp³-hybridized carbons (Fsp3) is 0.923. The van der Waals surface area contributed by atoms with Crippen LogP contribution in [-0.2, 0) is 9.36 Å². The quantitative estimate of drug-likeness (QED) is 0.302. The van der Waals surface area contributed by atoms with Crippen molar-refractivity contribution in [3.8, 4) is 0 Å². The lowest BCUT2D eigenvalue weighted by Crippen LogP contribution is -2.42. The van der Waals surface area contributed by atoms with Crippen LogP contribution in [0.3, 0.4) is 0 Å². The van der Waals surface area contributed by atoms with Crippen molar-refractivity contribution >= 4 is 13.7 Å². The van der Waals surface area contributed by atoms with Crippen LogP contribution in [0.1, 0.15) is 58.3 Å². The van der Waals surface area contributed by atoms with Crippen molar-refractivity contribution in [2.45, 2.75) is 64.3 Å². The molecule has 0 radical (unpaired) electrons. The Bertz CT molecular complexity index is 333. The van der Waals surface area contributed by atoms with Crippen LogP contribution in [0.2, 0.25) is 0 Å². The number of carboxylic acid groups (broad SMARTS) is 1. The van der Waals surface area contributed by atoms with E-state index in [1.807, 2.05) is 0 Å². The zero-order chi connectivity index (χ0) is 16.3. The van der Waals surface area contributed by atoms with Crippen LogP contribution < -0.4 is 0 Å². The molecular formula is C13H28NO6P. The molecule has 21 heavy (non-hydrogen) atoms. The van der Waals surface area contributed by atoms with Gasteiger partial charge in [-0.1, -0.05) is 51.9 Å². The number of hydrogen-bond donors (Lipinski definition) is 4. The average Bonchev–Trinajstić information content (AvgIpc) is 2.38. The highest BCUT2D eigenvalue weighted by molar-refractivity contribution is 7.49. The van der Waals surface area contributed by atoms with Gasteiger partial charge in [0.15, 0.2) is 0 Å². The summed E-state index contributed by atoms with van der Waals surface area (Å²) < 4.78 is 11.9. The Balaban J connectivity index is 4.10. The second kappa shape index (κ2) is 11.2. The van der Waals surface area contributed by atoms with Gasteiger partial charge in [0.05, 0.1) is 6.61 Å². The summed E-state index contributed by atoms with van der Waals surface area (Å²) in [5.41, 5.74) is 0. The number of hydrogen-bond acceptors (Lipinski definition) is 3. The van der Waals surface area contributed by atoms with Crippen LogP contribution in [0.4, 0.5) is 0 Å². The van der Waals surface area contributed by atoms with Gasteiger partial charge in [-0.25, -0.2) is 4.57 Å². The van der Waals surface area contributed by atoms with E-state index < -0.39 is 26.4 Å². The molecule has 0 heterocycles. The molecule has 0 aliphatic heterocycles. The highest BCUT2D eigenvalue weighted by Gasteiger charge is 2.36. The monoisotopic (exact) mass is 325 g/mol. The van der Waals surface area contributed by atoms with E-state index in [-0.39, 0.29) is 6.54 Å². The molecule has 7 nitrogen and oxygen atoms in total. The molecule has 0 aromatic heterocycles. The first-order valence-electron chi connectivity index (χ1n) is 7.50. The maximum Gasteiger partial charge on any atom is 0.403 e. The molecular weight excluding hydrogens is 297 g/mol. The largest absolute Gasteiger partial charge is 0.480 e. The first kappa shape index (κ1) is 20.5. The van der Waals surface area contributed by atoms with Crippen LogP contribution in [-0.4, -0.2) is 49.8 Å². The average molecular weight is 325 g/mol. The molecule has 0 aromatic carbocycles. The summed E-state index contributed by atoms with van der Waals surface area (Å²) in [4.78, 5) is 29.3. The normalized spacial score (nSPS) is 13.6. The van der Waals surface area contributed by atoms with Crippen molar-refractivity contribution in [3.05, 3.63) is 0 Å². The minimum absolute atomic E-state index is 0.0310. The molecule has 0 saturated carbocycles. The molecule has 4 N–H and O–H groups in total. The van der Waals surface area contributed by atoms with Crippen molar-refractivity contribution in [2.24, 2.45) is 0 Å². The highest BCUT2D eigenvalue weighted by atomic mass is 31.2. The van der Waals surface area contributed by atoms with E-state index in [9.17, 15) is 19.1 Å². The SMILES string of the molecule is CCCCCCCCCCN([C@@H](CO)C(=O)O)P(=O)(O)O. The summed E-state index contributed by atoms with van der Waals surface area (Å²) in [5.74, 6) is -1.43. The zero-order valence-corrected chi connectivity index (χ0v) is 13.5. The molecule has 0 aliphatic carbocycles. The second-order valence-electron chi connectivity index (χ2n) is 5.19. The van der Waals surface area contributed by atoms with Gasteiger partial charge in [-0.2, -0.15) is 4.67 Å². The first-order chi connectivity index (χ1) is 9.84. The Morgan fingerprint density at radius 1 is 1.05 bits per heavy atom. The Morgan fingerprint density at radius 2 is 1.52 bits per heavy atom. The number of aliphatic carboxylic acids is 1. The van der Waals surface area contributed by atoms with E-state index in [0.717, 1.165) is 25.7 Å². The minimum atomic E-state index is -4.68. The van der Waals surface area contributed by atoms with Gasteiger partial charge >= 0.3 is 13.7 Å². The molecule has 0 fully saturated rings. The molecule has 0 aromatic rings. The summed E-state index contributed by atoms with van der Waals surface area (Å²) in [6.45, 7) is 1.30. The number of aliphatic hydroxyl groups is 1. The van der Waals surface area contributed by atoms with E-state index in [2.05, 4.69) is 6.92 Å². The van der Waals surface area contributed by atoms with Crippen LogP contribution in [0.25, 0.3) is 0 Å². The fourth-order valence-corrected chi connectivity index (χ4v) is 3.11. The minimum Gasteiger partial charge on any atom is -0.480 e. The van der Waals surface area contributed by atoms with Crippen molar-refractivity contribution < 1.29 is 29.4 Å². The smallest absolute Gasteiger partial charge is 0.403 e. The number of carbonyl (C=O) groups is 1. The lowest BCUT2D eigenvalue weighted by atomic mass is 10.1. The van der Waals surface area contributed by atoms with Gasteiger partial charge < -0.3 is 20.0 Å². The predicted molar refractivity (Wildman–Crippen MR) is 79.9 cm³/mol. The lowest BCUT2D eigenvalue weighted by molar-refractivity contribution is -0.143. The number of nitrogens with zero attached hydrogens (tertiary/aromatic N) is 1. The van der Waals surface area contributed by atoms with Crippen LogP contribution in [0, 0.1) is 0 Å². The maximum atomic E-state index is 11.3. The van der Waals surface area contributed by atoms with Crippen molar-refractivity contribution in [1.29, 1.82) is 0 Å². The van der Waals surface area contributed by atoms with Gasteiger partial charge in [-0.15, -0.1) is 0 Å². The molecule has 1 atom stereocenters. The summed E-state index contributed by atoms with van der Waals surface area (Å²) in [7, 11) is -4.68. The third-order valence-corrected chi connectivity index (χ3v) is 4.54. The molecule has 126 valence electrons. The van der Waals surface area contributed by atoms with E-state index in [0.29, 0.717) is 11.1 Å². The van der Waals surface area contributed by atoms with Gasteiger partial charge in [-0.05, 0) is 6.42 Å². The Hall–Kier alpha value is -0.460. The van der Waals surface area contributed by atoms with E-state index in [1.165, 1.54) is 19.3 Å². The van der Waals surface area contributed by atoms with Gasteiger partial charge in [0.1, 0.15) is 6.04 Å². The fourth-order valence-electron chi connectivity index (χ4n) is 2.18. The van der Waals surface area contributed by atoms with Crippen molar-refractivity contribution in [1.82, 2.24) is 4.67 Å². The predicted octanol–water partition coefficient (Wildman–Crippen LogP) is 1.97. The molecule has 0 unspecified atom stereocenters. The molecule has 0 spiro atoms. The molecule has 0 aliphatic rings. The van der Waals surface area contributed by atoms with E-state index in [4.69, 9.17) is 10.2 Å². The van der Waals surface area contributed by atoms with Crippen molar-refractivity contribution in [2.75, 3.05) is 13.2 Å². The molecule has 8 heteroatoms. The van der Waals surface area contributed by atoms with Crippen molar-refractivity contribution in [3.63, 3.8) is 0 Å². The summed E-state index contributed by atoms with van der Waals surface area (Å²) in [6, 6.07) is -1.56. The number of unbranched alkanes of at least 4 members (excludes halogenated alkanes) is 7. The van der Waals surface area contributed by atoms with Gasteiger partial charge in [-0.3, -0.25) is 4.79 Å². The molecule has 0 saturated heterocycles. The summed E-state index contributed by atoms with van der Waals surface area (Å²) in [6.07, 6.45) is 8.12. The van der Waals surface area contributed by atoms with E-state index in [1.54, 1.807) is 0 Å². The maximum absolute atomic E-state index is 11.3. The Labute approximate surface area is 126 Å². The molecule has 0 rings (SSSR count). The third-order valence-electron chi connectivity index (χ3n) is 3.39. The van der Waals surface area contributed by atoms with Crippen LogP contribution in [0.5, 0.6) is 0 Å². The van der Waals surface area contributed by atoms with Gasteiger partial charge in [0.2, 0.25) is 0 Å². The Kier molecular flexibility index (Phi) is 10.9. The number of aliphatic hydroxyl groups excluding tert-OH is 1. The topological polar surface area (TPSA) is 118 Å². The number of rotatable bonds is 13. The number of carboxylic acids is 1. The second-order valence-corrected chi connectivity index (χ2v) is 6.73. The first-order valence-corrected chi connectivity index (χ1v) is 9.07. The zero-order valence-electron chi connectivity index (χ0n) is 12.6. The summed E-state index contributed by atoms with van der Waals surface area (Å²) in [5, 5.41) is 17.9. The molecule has 0 amide bonds. The summed E-state index contributed by atoms with van der Waals surface area (Å²) >= 11 is 0. The van der Waals surface area contributed by atoms with Gasteiger partial charge in [0.25, 0.3) is 0 Å². The molecule has 0 bridgehead atoms. The Morgan fingerprint density at radius 3 is 1.90 bits per heavy atom.